The van der Waals surface area contributed by atoms with Crippen molar-refractivity contribution in [3.8, 4) is 11.5 Å². The molecule has 6 heteroatoms. The summed E-state index contributed by atoms with van der Waals surface area (Å²) in [6.45, 7) is 8.43. The summed E-state index contributed by atoms with van der Waals surface area (Å²) in [6.07, 6.45) is 4.11. The third-order valence-electron chi connectivity index (χ3n) is 4.62. The van der Waals surface area contributed by atoms with Gasteiger partial charge in [0.05, 0.1) is 25.2 Å². The van der Waals surface area contributed by atoms with E-state index in [0.717, 1.165) is 34.0 Å². The van der Waals surface area contributed by atoms with Gasteiger partial charge in [-0.15, -0.1) is 6.58 Å². The van der Waals surface area contributed by atoms with Crippen LogP contribution in [-0.2, 0) is 17.8 Å². The van der Waals surface area contributed by atoms with E-state index in [1.54, 1.807) is 19.3 Å². The quantitative estimate of drug-likeness (QED) is 0.422. The van der Waals surface area contributed by atoms with E-state index in [1.807, 2.05) is 50.2 Å². The molecule has 2 aromatic rings. The second kappa shape index (κ2) is 9.67. The molecule has 2 amide bonds. The molecule has 0 saturated carbocycles. The van der Waals surface area contributed by atoms with E-state index in [4.69, 9.17) is 9.47 Å². The predicted octanol–water partition coefficient (Wildman–Crippen LogP) is 5.37. The summed E-state index contributed by atoms with van der Waals surface area (Å²) in [6, 6.07) is 11.6. The standard InChI is InChI=1S/C24H25NO4S/c1-5-8-19-12-18(13-20(29-6-2)22(19)28-4)14-21-23(26)25(24(27)30-21)15-17-10-7-9-16(3)11-17/h5,7,9-14H,1,6,8,15H2,2-4H3/b21-14+. The Kier molecular flexibility index (Phi) is 7.00. The monoisotopic (exact) mass is 423 g/mol. The molecule has 1 saturated heterocycles. The number of nitrogens with zero attached hydrogens (tertiary/aromatic N) is 1. The maximum absolute atomic E-state index is 12.9. The maximum Gasteiger partial charge on any atom is 0.293 e. The smallest absolute Gasteiger partial charge is 0.293 e. The number of methoxy groups -OCH3 is 1. The molecule has 0 spiro atoms. The number of hydrogen-bond donors (Lipinski definition) is 0. The first-order valence-corrected chi connectivity index (χ1v) is 10.5. The Bertz CT molecular complexity index is 1010. The van der Waals surface area contributed by atoms with Gasteiger partial charge in [0.2, 0.25) is 0 Å². The van der Waals surface area contributed by atoms with Gasteiger partial charge in [0, 0.05) is 5.56 Å². The van der Waals surface area contributed by atoms with Gasteiger partial charge in [-0.25, -0.2) is 0 Å². The normalized spacial score (nSPS) is 15.0. The van der Waals surface area contributed by atoms with Crippen molar-refractivity contribution < 1.29 is 19.1 Å². The average Bonchev–Trinajstić information content (AvgIpc) is 2.96. The van der Waals surface area contributed by atoms with Crippen LogP contribution in [0.1, 0.15) is 29.2 Å². The Morgan fingerprint density at radius 1 is 1.20 bits per heavy atom. The topological polar surface area (TPSA) is 55.8 Å². The SMILES string of the molecule is C=CCc1cc(/C=C2/SC(=O)N(Cc3cccc(C)c3)C2=O)cc(OCC)c1OC. The van der Waals surface area contributed by atoms with Crippen molar-refractivity contribution in [1.82, 2.24) is 4.90 Å². The number of carbonyl (C=O) groups excluding carboxylic acids is 2. The minimum absolute atomic E-state index is 0.262. The number of aryl methyl sites for hydroxylation is 1. The third kappa shape index (κ3) is 4.76. The number of carbonyl (C=O) groups is 2. The molecule has 156 valence electrons. The first-order valence-electron chi connectivity index (χ1n) is 9.72. The molecule has 0 N–H and O–H groups in total. The second-order valence-corrected chi connectivity index (χ2v) is 7.89. The summed E-state index contributed by atoms with van der Waals surface area (Å²) in [5.41, 5.74) is 3.70. The van der Waals surface area contributed by atoms with Crippen LogP contribution in [0.25, 0.3) is 6.08 Å². The summed E-state index contributed by atoms with van der Waals surface area (Å²) in [5.74, 6) is 0.969. The van der Waals surface area contributed by atoms with Crippen LogP contribution in [-0.4, -0.2) is 29.8 Å². The van der Waals surface area contributed by atoms with Gasteiger partial charge in [-0.3, -0.25) is 14.5 Å². The van der Waals surface area contributed by atoms with Crippen molar-refractivity contribution in [1.29, 1.82) is 0 Å². The number of imide groups is 1. The van der Waals surface area contributed by atoms with Crippen molar-refractivity contribution in [3.05, 3.63) is 76.2 Å². The Labute approximate surface area is 181 Å². The molecule has 0 bridgehead atoms. The summed E-state index contributed by atoms with van der Waals surface area (Å²) < 4.78 is 11.2. The summed E-state index contributed by atoms with van der Waals surface area (Å²) >= 11 is 0.955. The van der Waals surface area contributed by atoms with Crippen LogP contribution in [0.3, 0.4) is 0 Å². The van der Waals surface area contributed by atoms with E-state index in [9.17, 15) is 9.59 Å². The Hall–Kier alpha value is -2.99. The fraction of sp³-hybridized carbons (Fsp3) is 0.250. The zero-order valence-corrected chi connectivity index (χ0v) is 18.3. The van der Waals surface area contributed by atoms with Crippen molar-refractivity contribution in [2.24, 2.45) is 0 Å². The van der Waals surface area contributed by atoms with E-state index in [1.165, 1.54) is 4.90 Å². The fourth-order valence-electron chi connectivity index (χ4n) is 3.35. The first kappa shape index (κ1) is 21.7. The zero-order valence-electron chi connectivity index (χ0n) is 17.4. The fourth-order valence-corrected chi connectivity index (χ4v) is 4.19. The van der Waals surface area contributed by atoms with Crippen LogP contribution in [0.15, 0.2) is 54.0 Å². The van der Waals surface area contributed by atoms with E-state index >= 15 is 0 Å². The first-order chi connectivity index (χ1) is 14.5. The Morgan fingerprint density at radius 2 is 2.00 bits per heavy atom. The van der Waals surface area contributed by atoms with E-state index in [0.29, 0.717) is 29.4 Å². The molecule has 0 aromatic heterocycles. The number of thioether (sulfide) groups is 1. The second-order valence-electron chi connectivity index (χ2n) is 6.89. The van der Waals surface area contributed by atoms with Gasteiger partial charge in [-0.1, -0.05) is 35.9 Å². The van der Waals surface area contributed by atoms with Crippen molar-refractivity contribution >= 4 is 29.0 Å². The van der Waals surface area contributed by atoms with Crippen LogP contribution in [0.5, 0.6) is 11.5 Å². The number of rotatable bonds is 8. The number of hydrogen-bond acceptors (Lipinski definition) is 5. The zero-order chi connectivity index (χ0) is 21.7. The highest BCUT2D eigenvalue weighted by atomic mass is 32.2. The van der Waals surface area contributed by atoms with Crippen molar-refractivity contribution in [2.45, 2.75) is 26.8 Å². The van der Waals surface area contributed by atoms with Crippen LogP contribution in [0.4, 0.5) is 4.79 Å². The molecule has 1 fully saturated rings. The van der Waals surface area contributed by atoms with Crippen molar-refractivity contribution in [3.63, 3.8) is 0 Å². The lowest BCUT2D eigenvalue weighted by molar-refractivity contribution is -0.123. The average molecular weight is 424 g/mol. The van der Waals surface area contributed by atoms with Crippen LogP contribution >= 0.6 is 11.8 Å². The lowest BCUT2D eigenvalue weighted by Crippen LogP contribution is -2.27. The number of allylic oxidation sites excluding steroid dienone is 1. The number of ether oxygens (including phenoxy) is 2. The third-order valence-corrected chi connectivity index (χ3v) is 5.52. The molecule has 0 atom stereocenters. The van der Waals surface area contributed by atoms with Gasteiger partial charge in [0.1, 0.15) is 0 Å². The molecule has 5 nitrogen and oxygen atoms in total. The molecule has 1 aliphatic rings. The molecule has 3 rings (SSSR count). The molecule has 0 radical (unpaired) electrons. The molecule has 30 heavy (non-hydrogen) atoms. The van der Waals surface area contributed by atoms with Crippen LogP contribution in [0, 0.1) is 6.92 Å². The van der Waals surface area contributed by atoms with E-state index < -0.39 is 0 Å². The number of amides is 2. The van der Waals surface area contributed by atoms with Gasteiger partial charge in [-0.2, -0.15) is 0 Å². The highest BCUT2D eigenvalue weighted by Crippen LogP contribution is 2.37. The van der Waals surface area contributed by atoms with E-state index in [2.05, 4.69) is 6.58 Å². The lowest BCUT2D eigenvalue weighted by Gasteiger charge is -2.15. The molecule has 2 aromatic carbocycles. The maximum atomic E-state index is 12.9. The van der Waals surface area contributed by atoms with Gasteiger partial charge in [0.15, 0.2) is 11.5 Å². The van der Waals surface area contributed by atoms with Gasteiger partial charge in [-0.05, 0) is 61.4 Å². The van der Waals surface area contributed by atoms with Gasteiger partial charge in [0.25, 0.3) is 11.1 Å². The molecule has 0 aliphatic carbocycles. The predicted molar refractivity (Wildman–Crippen MR) is 121 cm³/mol. The summed E-state index contributed by atoms with van der Waals surface area (Å²) in [5, 5.41) is -0.266. The lowest BCUT2D eigenvalue weighted by atomic mass is 10.0. The highest BCUT2D eigenvalue weighted by Gasteiger charge is 2.35. The number of benzene rings is 2. The molecular formula is C24H25NO4S. The minimum atomic E-state index is -0.287. The van der Waals surface area contributed by atoms with Crippen molar-refractivity contribution in [2.75, 3.05) is 13.7 Å². The molecular weight excluding hydrogens is 398 g/mol. The Morgan fingerprint density at radius 3 is 2.67 bits per heavy atom. The van der Waals surface area contributed by atoms with Gasteiger partial charge >= 0.3 is 0 Å². The molecule has 0 unspecified atom stereocenters. The molecule has 1 aliphatic heterocycles. The van der Waals surface area contributed by atoms with Gasteiger partial charge < -0.3 is 9.47 Å². The largest absolute Gasteiger partial charge is 0.493 e. The Balaban J connectivity index is 1.91. The van der Waals surface area contributed by atoms with E-state index in [-0.39, 0.29) is 17.7 Å². The highest BCUT2D eigenvalue weighted by molar-refractivity contribution is 8.18. The minimum Gasteiger partial charge on any atom is -0.493 e. The summed E-state index contributed by atoms with van der Waals surface area (Å²) in [4.78, 5) is 27.1. The summed E-state index contributed by atoms with van der Waals surface area (Å²) in [7, 11) is 1.60. The van der Waals surface area contributed by atoms with Crippen LogP contribution < -0.4 is 9.47 Å². The molecule has 1 heterocycles. The van der Waals surface area contributed by atoms with Crippen LogP contribution in [0.2, 0.25) is 0 Å².